The summed E-state index contributed by atoms with van der Waals surface area (Å²) < 4.78 is 6.21. The van der Waals surface area contributed by atoms with Gasteiger partial charge >= 0.3 is 6.03 Å². The molecular weight excluding hydrogens is 346 g/mol. The maximum Gasteiger partial charge on any atom is 0.312 e. The summed E-state index contributed by atoms with van der Waals surface area (Å²) in [6.07, 6.45) is 1.83. The van der Waals surface area contributed by atoms with Crippen LogP contribution in [0.15, 0.2) is 24.3 Å². The average Bonchev–Trinajstić information content (AvgIpc) is 2.52. The molecule has 1 rings (SSSR count). The van der Waals surface area contributed by atoms with Crippen LogP contribution in [-0.2, 0) is 15.8 Å². The number of rotatable bonds is 9. The molecule has 4 N–H and O–H groups in total. The number of unbranched alkanes of at least 4 members (excludes halogenated alkanes) is 1. The number of amides is 3. The van der Waals surface area contributed by atoms with Crippen molar-refractivity contribution in [1.82, 2.24) is 5.32 Å². The number of benzene rings is 1. The molecular formula is C19H33N3O3Si. The molecule has 0 aromatic heterocycles. The summed E-state index contributed by atoms with van der Waals surface area (Å²) in [6, 6.07) is 7.24. The third-order valence-corrected chi connectivity index (χ3v) is 9.25. The molecule has 0 saturated carbocycles. The van der Waals surface area contributed by atoms with Gasteiger partial charge in [0.25, 0.3) is 0 Å². The Kier molecular flexibility index (Phi) is 8.30. The number of hydrogen-bond acceptors (Lipinski definition) is 3. The molecule has 0 aliphatic heterocycles. The Labute approximate surface area is 158 Å². The van der Waals surface area contributed by atoms with E-state index < -0.39 is 14.3 Å². The van der Waals surface area contributed by atoms with E-state index in [0.29, 0.717) is 26.0 Å². The van der Waals surface area contributed by atoms with E-state index in [-0.39, 0.29) is 10.9 Å². The predicted molar refractivity (Wildman–Crippen MR) is 108 cm³/mol. The van der Waals surface area contributed by atoms with Crippen molar-refractivity contribution in [2.24, 2.45) is 5.73 Å². The van der Waals surface area contributed by atoms with Crippen LogP contribution in [0.4, 0.5) is 10.5 Å². The zero-order valence-corrected chi connectivity index (χ0v) is 17.6. The van der Waals surface area contributed by atoms with E-state index in [1.165, 1.54) is 0 Å². The van der Waals surface area contributed by atoms with Gasteiger partial charge in [-0.25, -0.2) is 4.79 Å². The van der Waals surface area contributed by atoms with E-state index in [2.05, 4.69) is 44.5 Å². The van der Waals surface area contributed by atoms with Gasteiger partial charge in [0.1, 0.15) is 0 Å². The lowest BCUT2D eigenvalue weighted by molar-refractivity contribution is -0.116. The van der Waals surface area contributed by atoms with Crippen molar-refractivity contribution >= 4 is 25.9 Å². The smallest absolute Gasteiger partial charge is 0.312 e. The Morgan fingerprint density at radius 2 is 1.73 bits per heavy atom. The Morgan fingerprint density at radius 1 is 1.12 bits per heavy atom. The number of carbonyl (C=O) groups excluding carboxylic acids is 2. The highest BCUT2D eigenvalue weighted by molar-refractivity contribution is 6.74. The molecule has 1 aromatic carbocycles. The zero-order valence-electron chi connectivity index (χ0n) is 16.6. The van der Waals surface area contributed by atoms with Crippen molar-refractivity contribution in [3.05, 3.63) is 29.8 Å². The van der Waals surface area contributed by atoms with Crippen LogP contribution in [0, 0.1) is 0 Å². The first-order chi connectivity index (χ1) is 12.0. The minimum Gasteiger partial charge on any atom is -0.413 e. The van der Waals surface area contributed by atoms with Crippen LogP contribution in [0.2, 0.25) is 18.1 Å². The SMILES string of the molecule is CC(C)(C)[Si](C)(C)OCc1ccc(NC(=O)CCCCNC(N)=O)cc1. The van der Waals surface area contributed by atoms with Gasteiger partial charge in [0.2, 0.25) is 5.91 Å². The van der Waals surface area contributed by atoms with Gasteiger partial charge in [0.15, 0.2) is 8.32 Å². The minimum absolute atomic E-state index is 0.0330. The van der Waals surface area contributed by atoms with Crippen LogP contribution in [0.5, 0.6) is 0 Å². The molecule has 0 unspecified atom stereocenters. The first kappa shape index (κ1) is 22.2. The lowest BCUT2D eigenvalue weighted by atomic mass is 10.2. The van der Waals surface area contributed by atoms with Crippen LogP contribution in [-0.4, -0.2) is 26.8 Å². The van der Waals surface area contributed by atoms with Crippen molar-refractivity contribution in [1.29, 1.82) is 0 Å². The lowest BCUT2D eigenvalue weighted by Gasteiger charge is -2.36. The molecule has 0 spiro atoms. The maximum atomic E-state index is 11.9. The number of carbonyl (C=O) groups is 2. The lowest BCUT2D eigenvalue weighted by Crippen LogP contribution is -2.40. The van der Waals surface area contributed by atoms with E-state index in [0.717, 1.165) is 17.7 Å². The molecule has 1 aromatic rings. The fraction of sp³-hybridized carbons (Fsp3) is 0.579. The van der Waals surface area contributed by atoms with Gasteiger partial charge in [-0.2, -0.15) is 0 Å². The molecule has 0 fully saturated rings. The predicted octanol–water partition coefficient (Wildman–Crippen LogP) is 3.99. The Bertz CT molecular complexity index is 595. The fourth-order valence-corrected chi connectivity index (χ4v) is 2.97. The standard InChI is InChI=1S/C19H33N3O3Si/c1-19(2,3)26(4,5)25-14-15-9-11-16(12-10-15)22-17(23)8-6-7-13-21-18(20)24/h9-12H,6-8,13-14H2,1-5H3,(H,22,23)(H3,20,21,24). The second-order valence-corrected chi connectivity index (χ2v) is 12.9. The Balaban J connectivity index is 2.38. The number of nitrogens with two attached hydrogens (primary N) is 1. The Hall–Kier alpha value is -1.86. The molecule has 7 heteroatoms. The largest absolute Gasteiger partial charge is 0.413 e. The molecule has 0 aliphatic carbocycles. The Morgan fingerprint density at radius 3 is 2.27 bits per heavy atom. The summed E-state index contributed by atoms with van der Waals surface area (Å²) >= 11 is 0. The van der Waals surface area contributed by atoms with Crippen molar-refractivity contribution < 1.29 is 14.0 Å². The van der Waals surface area contributed by atoms with E-state index >= 15 is 0 Å². The quantitative estimate of drug-likeness (QED) is 0.447. The van der Waals surface area contributed by atoms with Crippen LogP contribution in [0.3, 0.4) is 0 Å². The summed E-state index contributed by atoms with van der Waals surface area (Å²) in [6.45, 7) is 12.2. The summed E-state index contributed by atoms with van der Waals surface area (Å²) in [4.78, 5) is 22.5. The highest BCUT2D eigenvalue weighted by Crippen LogP contribution is 2.37. The minimum atomic E-state index is -1.76. The van der Waals surface area contributed by atoms with Crippen molar-refractivity contribution in [2.45, 2.75) is 64.8 Å². The molecule has 26 heavy (non-hydrogen) atoms. The molecule has 0 bridgehead atoms. The van der Waals surface area contributed by atoms with Crippen molar-refractivity contribution in [2.75, 3.05) is 11.9 Å². The van der Waals surface area contributed by atoms with Crippen LogP contribution in [0.1, 0.15) is 45.6 Å². The van der Waals surface area contributed by atoms with Gasteiger partial charge in [0, 0.05) is 18.7 Å². The maximum absolute atomic E-state index is 11.9. The van der Waals surface area contributed by atoms with Crippen molar-refractivity contribution in [3.8, 4) is 0 Å². The normalized spacial score (nSPS) is 11.9. The highest BCUT2D eigenvalue weighted by Gasteiger charge is 2.36. The molecule has 6 nitrogen and oxygen atoms in total. The number of nitrogens with one attached hydrogen (secondary N) is 2. The van der Waals surface area contributed by atoms with Crippen molar-refractivity contribution in [3.63, 3.8) is 0 Å². The third kappa shape index (κ3) is 8.01. The van der Waals surface area contributed by atoms with Gasteiger partial charge in [-0.05, 0) is 48.7 Å². The topological polar surface area (TPSA) is 93.4 Å². The molecule has 0 atom stereocenters. The summed E-state index contributed by atoms with van der Waals surface area (Å²) in [5.41, 5.74) is 6.86. The first-order valence-electron chi connectivity index (χ1n) is 9.07. The number of anilines is 1. The number of urea groups is 1. The monoisotopic (exact) mass is 379 g/mol. The average molecular weight is 380 g/mol. The molecule has 3 amide bonds. The van der Waals surface area contributed by atoms with E-state index in [4.69, 9.17) is 10.2 Å². The number of primary amides is 1. The zero-order chi connectivity index (χ0) is 19.8. The fourth-order valence-electron chi connectivity index (χ4n) is 2.01. The van der Waals surface area contributed by atoms with Gasteiger partial charge in [-0.15, -0.1) is 0 Å². The molecule has 0 heterocycles. The summed E-state index contributed by atoms with van der Waals surface area (Å²) in [5.74, 6) is -0.0330. The molecule has 0 radical (unpaired) electrons. The molecule has 0 aliphatic rings. The summed E-state index contributed by atoms with van der Waals surface area (Å²) in [5, 5.41) is 5.58. The van der Waals surface area contributed by atoms with Crippen LogP contribution < -0.4 is 16.4 Å². The number of hydrogen-bond donors (Lipinski definition) is 3. The van der Waals surface area contributed by atoms with Gasteiger partial charge < -0.3 is 20.8 Å². The van der Waals surface area contributed by atoms with E-state index in [1.807, 2.05) is 24.3 Å². The van der Waals surface area contributed by atoms with E-state index in [9.17, 15) is 9.59 Å². The van der Waals surface area contributed by atoms with Crippen LogP contribution in [0.25, 0.3) is 0 Å². The second-order valence-electron chi connectivity index (χ2n) is 8.04. The van der Waals surface area contributed by atoms with E-state index in [1.54, 1.807) is 0 Å². The van der Waals surface area contributed by atoms with Gasteiger partial charge in [-0.3, -0.25) is 4.79 Å². The van der Waals surface area contributed by atoms with Crippen LogP contribution >= 0.6 is 0 Å². The molecule has 0 saturated heterocycles. The first-order valence-corrected chi connectivity index (χ1v) is 12.0. The summed E-state index contributed by atoms with van der Waals surface area (Å²) in [7, 11) is -1.76. The highest BCUT2D eigenvalue weighted by atomic mass is 28.4. The third-order valence-electron chi connectivity index (χ3n) is 4.77. The van der Waals surface area contributed by atoms with Gasteiger partial charge in [0.05, 0.1) is 6.61 Å². The molecule has 146 valence electrons. The second kappa shape index (κ2) is 9.73. The van der Waals surface area contributed by atoms with Gasteiger partial charge in [-0.1, -0.05) is 32.9 Å².